The maximum Gasteiger partial charge on any atom is 0.407 e. The van der Waals surface area contributed by atoms with E-state index in [4.69, 9.17) is 21.1 Å². The van der Waals surface area contributed by atoms with Crippen LogP contribution in [0.1, 0.15) is 104 Å². The molecule has 0 heterocycles. The smallest absolute Gasteiger partial charge is 0.407 e. The van der Waals surface area contributed by atoms with Crippen LogP contribution in [-0.4, -0.2) is 37.2 Å². The molecule has 0 radical (unpaired) electrons. The lowest BCUT2D eigenvalue weighted by Crippen LogP contribution is -2.43. The Morgan fingerprint density at radius 3 is 1.79 bits per heavy atom. The van der Waals surface area contributed by atoms with Gasteiger partial charge < -0.3 is 14.8 Å². The highest BCUT2D eigenvalue weighted by Gasteiger charge is 2.23. The molecule has 1 atom stereocenters. The summed E-state index contributed by atoms with van der Waals surface area (Å²) >= 11 is 5.50. The van der Waals surface area contributed by atoms with Gasteiger partial charge in [0.2, 0.25) is 0 Å². The summed E-state index contributed by atoms with van der Waals surface area (Å²) in [6, 6.07) is -0.671. The molecule has 6 heteroatoms. The van der Waals surface area contributed by atoms with Gasteiger partial charge in [0, 0.05) is 0 Å². The van der Waals surface area contributed by atoms with E-state index in [1.807, 2.05) is 13.8 Å². The molecule has 0 rings (SSSR count). The molecule has 0 fully saturated rings. The number of carbonyl (C=O) groups excluding carboxylic acids is 2. The molecule has 0 spiro atoms. The van der Waals surface area contributed by atoms with Crippen molar-refractivity contribution in [2.24, 2.45) is 5.92 Å². The fourth-order valence-electron chi connectivity index (χ4n) is 3.22. The van der Waals surface area contributed by atoms with Crippen LogP contribution in [0.4, 0.5) is 4.79 Å². The normalized spacial score (nSPS) is 12.0. The summed E-state index contributed by atoms with van der Waals surface area (Å²) in [5.74, 6) is 0.100. The molecular weight excluding hydrogens is 390 g/mol. The molecule has 0 aromatic carbocycles. The van der Waals surface area contributed by atoms with Crippen molar-refractivity contribution in [1.82, 2.24) is 5.32 Å². The zero-order chi connectivity index (χ0) is 21.7. The summed E-state index contributed by atoms with van der Waals surface area (Å²) in [6.07, 6.45) is 15.1. The average molecular weight is 434 g/mol. The quantitative estimate of drug-likeness (QED) is 0.141. The number of carbonyl (C=O) groups is 2. The Balaban J connectivity index is 3.75. The van der Waals surface area contributed by atoms with E-state index in [0.717, 1.165) is 12.8 Å². The van der Waals surface area contributed by atoms with Crippen LogP contribution in [0.2, 0.25) is 0 Å². The maximum absolute atomic E-state index is 12.3. The summed E-state index contributed by atoms with van der Waals surface area (Å²) in [6.45, 7) is 6.77. The zero-order valence-corrected chi connectivity index (χ0v) is 19.7. The molecule has 0 aliphatic carbocycles. The monoisotopic (exact) mass is 433 g/mol. The summed E-state index contributed by atoms with van der Waals surface area (Å²) in [5, 5.41) is 2.59. The Labute approximate surface area is 183 Å². The van der Waals surface area contributed by atoms with Crippen molar-refractivity contribution in [2.75, 3.05) is 19.1 Å². The molecule has 0 aliphatic rings. The second-order valence-electron chi connectivity index (χ2n) is 8.21. The predicted molar refractivity (Wildman–Crippen MR) is 120 cm³/mol. The van der Waals surface area contributed by atoms with Gasteiger partial charge in [-0.1, -0.05) is 91.4 Å². The largest absolute Gasteiger partial charge is 0.464 e. The van der Waals surface area contributed by atoms with Gasteiger partial charge in [0.15, 0.2) is 0 Å². The number of unbranched alkanes of at least 4 members (excludes halogenated alkanes) is 11. The van der Waals surface area contributed by atoms with Crippen LogP contribution in [0.15, 0.2) is 0 Å². The van der Waals surface area contributed by atoms with E-state index in [2.05, 4.69) is 12.2 Å². The third-order valence-electron chi connectivity index (χ3n) is 4.84. The number of alkyl halides is 1. The van der Waals surface area contributed by atoms with E-state index >= 15 is 0 Å². The Morgan fingerprint density at radius 2 is 1.31 bits per heavy atom. The highest BCUT2D eigenvalue weighted by Crippen LogP contribution is 2.12. The molecule has 1 amide bonds. The first-order chi connectivity index (χ1) is 14.0. The van der Waals surface area contributed by atoms with Crippen molar-refractivity contribution in [3.05, 3.63) is 0 Å². The molecule has 0 saturated carbocycles. The van der Waals surface area contributed by atoms with Crippen LogP contribution in [0.25, 0.3) is 0 Å². The van der Waals surface area contributed by atoms with Gasteiger partial charge in [0.1, 0.15) is 12.6 Å². The first-order valence-electron chi connectivity index (χ1n) is 11.7. The van der Waals surface area contributed by atoms with E-state index in [9.17, 15) is 9.59 Å². The van der Waals surface area contributed by atoms with Crippen LogP contribution in [0.5, 0.6) is 0 Å². The number of nitrogens with one attached hydrogen (secondary N) is 1. The minimum absolute atomic E-state index is 0.121. The molecule has 0 aromatic rings. The average Bonchev–Trinajstić information content (AvgIpc) is 2.68. The summed E-state index contributed by atoms with van der Waals surface area (Å²) in [4.78, 5) is 24.0. The SMILES string of the molecule is CCCCCCCCCCCCCCOC(=O)C(CC(C)C)NC(=O)OCCCl. The fraction of sp³-hybridized carbons (Fsp3) is 0.913. The van der Waals surface area contributed by atoms with Crippen molar-refractivity contribution in [1.29, 1.82) is 0 Å². The lowest BCUT2D eigenvalue weighted by Gasteiger charge is -2.19. The molecule has 0 bridgehead atoms. The van der Waals surface area contributed by atoms with E-state index in [0.29, 0.717) is 13.0 Å². The predicted octanol–water partition coefficient (Wildman–Crippen LogP) is 6.61. The second kappa shape index (κ2) is 20.3. The number of hydrogen-bond acceptors (Lipinski definition) is 4. The van der Waals surface area contributed by atoms with E-state index in [-0.39, 0.29) is 24.4 Å². The van der Waals surface area contributed by atoms with Crippen molar-refractivity contribution >= 4 is 23.7 Å². The molecule has 0 aromatic heterocycles. The van der Waals surface area contributed by atoms with E-state index < -0.39 is 12.1 Å². The molecule has 29 heavy (non-hydrogen) atoms. The van der Waals surface area contributed by atoms with Crippen LogP contribution >= 0.6 is 11.6 Å². The molecule has 1 N–H and O–H groups in total. The lowest BCUT2D eigenvalue weighted by molar-refractivity contribution is -0.146. The minimum atomic E-state index is -0.671. The Hall–Kier alpha value is -0.970. The molecule has 172 valence electrons. The van der Waals surface area contributed by atoms with Crippen molar-refractivity contribution < 1.29 is 19.1 Å². The summed E-state index contributed by atoms with van der Waals surface area (Å²) < 4.78 is 10.3. The first-order valence-corrected chi connectivity index (χ1v) is 12.2. The van der Waals surface area contributed by atoms with Crippen molar-refractivity contribution in [2.45, 2.75) is 110 Å². The third kappa shape index (κ3) is 18.8. The van der Waals surface area contributed by atoms with E-state index in [1.165, 1.54) is 64.2 Å². The number of halogens is 1. The topological polar surface area (TPSA) is 64.6 Å². The number of ether oxygens (including phenoxy) is 2. The maximum atomic E-state index is 12.3. The fourth-order valence-corrected chi connectivity index (χ4v) is 3.29. The van der Waals surface area contributed by atoms with Crippen LogP contribution in [0.3, 0.4) is 0 Å². The number of hydrogen-bond donors (Lipinski definition) is 1. The lowest BCUT2D eigenvalue weighted by atomic mass is 10.0. The number of esters is 1. The Morgan fingerprint density at radius 1 is 0.793 bits per heavy atom. The first kappa shape index (κ1) is 28.0. The van der Waals surface area contributed by atoms with Gasteiger partial charge in [-0.15, -0.1) is 11.6 Å². The minimum Gasteiger partial charge on any atom is -0.464 e. The Kier molecular flexibility index (Phi) is 19.6. The molecule has 0 aliphatic heterocycles. The van der Waals surface area contributed by atoms with Crippen LogP contribution in [0, 0.1) is 5.92 Å². The molecular formula is C23H44ClNO4. The van der Waals surface area contributed by atoms with Crippen LogP contribution < -0.4 is 5.32 Å². The van der Waals surface area contributed by atoms with Crippen LogP contribution in [-0.2, 0) is 14.3 Å². The van der Waals surface area contributed by atoms with Gasteiger partial charge in [-0.25, -0.2) is 9.59 Å². The standard InChI is InChI=1S/C23H44ClNO4/c1-4-5-6-7-8-9-10-11-12-13-14-15-17-28-22(26)21(19-20(2)3)25-23(27)29-18-16-24/h20-21H,4-19H2,1-3H3,(H,25,27). The van der Waals surface area contributed by atoms with Gasteiger partial charge in [0.05, 0.1) is 12.5 Å². The van der Waals surface area contributed by atoms with Gasteiger partial charge in [-0.05, 0) is 18.8 Å². The third-order valence-corrected chi connectivity index (χ3v) is 4.99. The van der Waals surface area contributed by atoms with Crippen molar-refractivity contribution in [3.8, 4) is 0 Å². The van der Waals surface area contributed by atoms with Crippen molar-refractivity contribution in [3.63, 3.8) is 0 Å². The molecule has 5 nitrogen and oxygen atoms in total. The molecule has 0 saturated heterocycles. The van der Waals surface area contributed by atoms with Gasteiger partial charge in [-0.2, -0.15) is 0 Å². The van der Waals surface area contributed by atoms with E-state index in [1.54, 1.807) is 0 Å². The number of amides is 1. The summed E-state index contributed by atoms with van der Waals surface area (Å²) in [7, 11) is 0. The number of rotatable bonds is 19. The molecule has 1 unspecified atom stereocenters. The van der Waals surface area contributed by atoms with Gasteiger partial charge in [-0.3, -0.25) is 0 Å². The number of alkyl carbamates (subject to hydrolysis) is 1. The zero-order valence-electron chi connectivity index (χ0n) is 19.0. The highest BCUT2D eigenvalue weighted by atomic mass is 35.5. The summed E-state index contributed by atoms with van der Waals surface area (Å²) in [5.41, 5.74) is 0. The van der Waals surface area contributed by atoms with Gasteiger partial charge >= 0.3 is 12.1 Å². The Bertz CT molecular complexity index is 404. The van der Waals surface area contributed by atoms with Gasteiger partial charge in [0.25, 0.3) is 0 Å². The highest BCUT2D eigenvalue weighted by molar-refractivity contribution is 6.18. The second-order valence-corrected chi connectivity index (χ2v) is 8.59.